The second-order valence-corrected chi connectivity index (χ2v) is 5.78. The molecule has 2 N–H and O–H groups in total. The van der Waals surface area contributed by atoms with E-state index in [-0.39, 0.29) is 35.0 Å². The van der Waals surface area contributed by atoms with Gasteiger partial charge in [0.1, 0.15) is 11.5 Å². The van der Waals surface area contributed by atoms with Gasteiger partial charge in [-0.25, -0.2) is 0 Å². The molecule has 2 unspecified atom stereocenters. The first-order valence-electron chi connectivity index (χ1n) is 8.04. The molecule has 136 valence electrons. The summed E-state index contributed by atoms with van der Waals surface area (Å²) in [7, 11) is 1.42. The summed E-state index contributed by atoms with van der Waals surface area (Å²) in [5.41, 5.74) is 0.644. The lowest BCUT2D eigenvalue weighted by molar-refractivity contribution is -0.151. The van der Waals surface area contributed by atoms with Crippen LogP contribution < -0.4 is 9.47 Å². The molecule has 0 amide bonds. The highest BCUT2D eigenvalue weighted by Gasteiger charge is 2.41. The minimum Gasteiger partial charge on any atom is -0.508 e. The second kappa shape index (κ2) is 6.95. The van der Waals surface area contributed by atoms with Crippen molar-refractivity contribution in [2.45, 2.75) is 25.6 Å². The zero-order valence-electron chi connectivity index (χ0n) is 14.3. The Hall–Kier alpha value is -3.22. The van der Waals surface area contributed by atoms with Gasteiger partial charge in [-0.05, 0) is 24.3 Å². The normalized spacial score (nSPS) is 18.6. The van der Waals surface area contributed by atoms with Gasteiger partial charge in [-0.15, -0.1) is 0 Å². The van der Waals surface area contributed by atoms with Crippen molar-refractivity contribution in [1.82, 2.24) is 0 Å². The Bertz CT molecular complexity index is 859. The minimum atomic E-state index is -1.20. The first-order valence-corrected chi connectivity index (χ1v) is 8.04. The van der Waals surface area contributed by atoms with Crippen LogP contribution in [0.2, 0.25) is 0 Å². The Morgan fingerprint density at radius 2 is 1.96 bits per heavy atom. The molecule has 0 saturated carbocycles. The summed E-state index contributed by atoms with van der Waals surface area (Å²) in [5.74, 6) is -0.736. The van der Waals surface area contributed by atoms with Crippen molar-refractivity contribution in [2.75, 3.05) is 7.11 Å². The number of benzene rings is 2. The molecular weight excluding hydrogens is 340 g/mol. The molecule has 1 heterocycles. The standard InChI is InChI=1S/C19H18O7/c1-3-16(22)26-19-17(23)12-6-5-11(20)9-15(12)25-18(19)10-4-7-14(24-2)13(21)8-10/h4-9,18-21H,3H2,1-2H3. The summed E-state index contributed by atoms with van der Waals surface area (Å²) in [6.07, 6.45) is -2.07. The van der Waals surface area contributed by atoms with Gasteiger partial charge in [-0.1, -0.05) is 13.0 Å². The summed E-state index contributed by atoms with van der Waals surface area (Å²) in [5, 5.41) is 19.7. The number of phenols is 2. The largest absolute Gasteiger partial charge is 0.508 e. The SMILES string of the molecule is CCC(=O)OC1C(=O)c2ccc(O)cc2OC1c1ccc(OC)c(O)c1. The van der Waals surface area contributed by atoms with Crippen LogP contribution in [0.5, 0.6) is 23.0 Å². The van der Waals surface area contributed by atoms with Gasteiger partial charge in [0.15, 0.2) is 17.6 Å². The van der Waals surface area contributed by atoms with Crippen molar-refractivity contribution < 1.29 is 34.0 Å². The lowest BCUT2D eigenvalue weighted by Crippen LogP contribution is -2.39. The zero-order chi connectivity index (χ0) is 18.8. The van der Waals surface area contributed by atoms with E-state index in [0.717, 1.165) is 0 Å². The molecule has 0 aromatic heterocycles. The highest BCUT2D eigenvalue weighted by molar-refractivity contribution is 6.04. The molecule has 0 saturated heterocycles. The van der Waals surface area contributed by atoms with Crippen molar-refractivity contribution in [3.8, 4) is 23.0 Å². The van der Waals surface area contributed by atoms with E-state index < -0.39 is 24.0 Å². The lowest BCUT2D eigenvalue weighted by atomic mass is 9.93. The molecule has 0 spiro atoms. The van der Waals surface area contributed by atoms with Gasteiger partial charge in [0.05, 0.1) is 12.7 Å². The molecule has 2 atom stereocenters. The van der Waals surface area contributed by atoms with Crippen LogP contribution in [-0.4, -0.2) is 35.2 Å². The smallest absolute Gasteiger partial charge is 0.306 e. The third kappa shape index (κ3) is 3.15. The fourth-order valence-corrected chi connectivity index (χ4v) is 2.77. The average Bonchev–Trinajstić information content (AvgIpc) is 2.63. The molecule has 0 bridgehead atoms. The summed E-state index contributed by atoms with van der Waals surface area (Å²) in [4.78, 5) is 24.6. The molecule has 1 aliphatic rings. The van der Waals surface area contributed by atoms with E-state index in [1.807, 2.05) is 0 Å². The van der Waals surface area contributed by atoms with Crippen LogP contribution in [0.25, 0.3) is 0 Å². The van der Waals surface area contributed by atoms with Crippen molar-refractivity contribution in [3.63, 3.8) is 0 Å². The molecule has 7 nitrogen and oxygen atoms in total. The van der Waals surface area contributed by atoms with Crippen LogP contribution in [-0.2, 0) is 9.53 Å². The Morgan fingerprint density at radius 1 is 1.19 bits per heavy atom. The van der Waals surface area contributed by atoms with Gasteiger partial charge >= 0.3 is 5.97 Å². The van der Waals surface area contributed by atoms with Gasteiger partial charge in [-0.3, -0.25) is 9.59 Å². The average molecular weight is 358 g/mol. The number of aromatic hydroxyl groups is 2. The van der Waals surface area contributed by atoms with Crippen molar-refractivity contribution >= 4 is 11.8 Å². The number of hydrogen-bond donors (Lipinski definition) is 2. The number of phenolic OH excluding ortho intramolecular Hbond substituents is 2. The van der Waals surface area contributed by atoms with E-state index >= 15 is 0 Å². The van der Waals surface area contributed by atoms with Gasteiger partial charge in [0.25, 0.3) is 0 Å². The third-order valence-electron chi connectivity index (χ3n) is 4.10. The Labute approximate surface area is 149 Å². The van der Waals surface area contributed by atoms with Gasteiger partial charge in [0, 0.05) is 18.1 Å². The van der Waals surface area contributed by atoms with Crippen LogP contribution >= 0.6 is 0 Å². The summed E-state index contributed by atoms with van der Waals surface area (Å²) in [6.45, 7) is 1.62. The number of fused-ring (bicyclic) bond motifs is 1. The Morgan fingerprint density at radius 3 is 2.62 bits per heavy atom. The van der Waals surface area contributed by atoms with Crippen LogP contribution in [0, 0.1) is 0 Å². The molecule has 2 aromatic carbocycles. The van der Waals surface area contributed by atoms with Gasteiger partial charge in [-0.2, -0.15) is 0 Å². The van der Waals surface area contributed by atoms with Crippen molar-refractivity contribution in [1.29, 1.82) is 0 Å². The quantitative estimate of drug-likeness (QED) is 0.810. The zero-order valence-corrected chi connectivity index (χ0v) is 14.3. The lowest BCUT2D eigenvalue weighted by Gasteiger charge is -2.32. The summed E-state index contributed by atoms with van der Waals surface area (Å²) in [6, 6.07) is 8.62. The maximum absolute atomic E-state index is 12.8. The summed E-state index contributed by atoms with van der Waals surface area (Å²) < 4.78 is 16.2. The second-order valence-electron chi connectivity index (χ2n) is 5.78. The molecule has 0 aliphatic carbocycles. The van der Waals surface area contributed by atoms with Crippen LogP contribution in [0.3, 0.4) is 0 Å². The number of hydrogen-bond acceptors (Lipinski definition) is 7. The molecule has 0 radical (unpaired) electrons. The first kappa shape index (κ1) is 17.6. The number of carbonyl (C=O) groups is 2. The number of ketones is 1. The molecular formula is C19H18O7. The number of esters is 1. The van der Waals surface area contributed by atoms with Crippen LogP contribution in [0.4, 0.5) is 0 Å². The predicted octanol–water partition coefficient (Wildman–Crippen LogP) is 2.74. The highest BCUT2D eigenvalue weighted by Crippen LogP contribution is 2.40. The van der Waals surface area contributed by atoms with Crippen molar-refractivity contribution in [3.05, 3.63) is 47.5 Å². The van der Waals surface area contributed by atoms with E-state index in [0.29, 0.717) is 5.56 Å². The van der Waals surface area contributed by atoms with E-state index in [1.165, 1.54) is 37.4 Å². The maximum atomic E-state index is 12.8. The molecule has 0 fully saturated rings. The Kier molecular flexibility index (Phi) is 4.71. The fraction of sp³-hybridized carbons (Fsp3) is 0.263. The minimum absolute atomic E-state index is 0.0584. The number of carbonyl (C=O) groups excluding carboxylic acids is 2. The molecule has 7 heteroatoms. The summed E-state index contributed by atoms with van der Waals surface area (Å²) >= 11 is 0. The number of methoxy groups -OCH3 is 1. The molecule has 3 rings (SSSR count). The van der Waals surface area contributed by atoms with Crippen LogP contribution in [0.1, 0.15) is 35.4 Å². The van der Waals surface area contributed by atoms with E-state index in [1.54, 1.807) is 13.0 Å². The van der Waals surface area contributed by atoms with Crippen molar-refractivity contribution in [2.24, 2.45) is 0 Å². The fourth-order valence-electron chi connectivity index (χ4n) is 2.77. The third-order valence-corrected chi connectivity index (χ3v) is 4.10. The molecule has 2 aromatic rings. The predicted molar refractivity (Wildman–Crippen MR) is 90.6 cm³/mol. The molecule has 26 heavy (non-hydrogen) atoms. The number of Topliss-reactive ketones (excluding diaryl/α,β-unsaturated/α-hetero) is 1. The van der Waals surface area contributed by atoms with E-state index in [9.17, 15) is 19.8 Å². The van der Waals surface area contributed by atoms with Crippen LogP contribution in [0.15, 0.2) is 36.4 Å². The van der Waals surface area contributed by atoms with E-state index in [2.05, 4.69) is 0 Å². The van der Waals surface area contributed by atoms with Gasteiger partial charge in [0.2, 0.25) is 11.9 Å². The molecule has 1 aliphatic heterocycles. The number of rotatable bonds is 4. The topological polar surface area (TPSA) is 102 Å². The first-order chi connectivity index (χ1) is 12.4. The Balaban J connectivity index is 2.06. The highest BCUT2D eigenvalue weighted by atomic mass is 16.6. The maximum Gasteiger partial charge on any atom is 0.306 e. The monoisotopic (exact) mass is 358 g/mol. The van der Waals surface area contributed by atoms with Gasteiger partial charge < -0.3 is 24.4 Å². The van der Waals surface area contributed by atoms with E-state index in [4.69, 9.17) is 14.2 Å². The number of ether oxygens (including phenoxy) is 3.